The van der Waals surface area contributed by atoms with E-state index in [1.165, 1.54) is 12.7 Å². The lowest BCUT2D eigenvalue weighted by atomic mass is 10.2. The minimum Gasteiger partial charge on any atom is -0.468 e. The Hall–Kier alpha value is -1.46. The zero-order valence-corrected chi connectivity index (χ0v) is 10.3. The molecule has 1 aromatic heterocycles. The number of hydrogen-bond acceptors (Lipinski definition) is 5. The number of nitrogens with two attached hydrogens (primary N) is 1. The third-order valence-corrected chi connectivity index (χ3v) is 2.54. The summed E-state index contributed by atoms with van der Waals surface area (Å²) in [5.41, 5.74) is 6.89. The fourth-order valence-corrected chi connectivity index (χ4v) is 1.52. The van der Waals surface area contributed by atoms with E-state index in [4.69, 9.17) is 5.73 Å². The third-order valence-electron chi connectivity index (χ3n) is 2.54. The van der Waals surface area contributed by atoms with Crippen molar-refractivity contribution < 1.29 is 9.53 Å². The molecule has 0 aromatic carbocycles. The summed E-state index contributed by atoms with van der Waals surface area (Å²) < 4.78 is 4.58. The van der Waals surface area contributed by atoms with Gasteiger partial charge in [-0.3, -0.25) is 9.78 Å². The van der Waals surface area contributed by atoms with Gasteiger partial charge in [-0.2, -0.15) is 0 Å². The molecule has 1 unspecified atom stereocenters. The minimum absolute atomic E-state index is 0.374. The molecule has 5 nitrogen and oxygen atoms in total. The first-order valence-corrected chi connectivity index (χ1v) is 5.54. The normalized spacial score (nSPS) is 12.5. The molecular weight excluding hydrogens is 218 g/mol. The van der Waals surface area contributed by atoms with E-state index >= 15 is 0 Å². The molecule has 1 rings (SSSR count). The monoisotopic (exact) mass is 237 g/mol. The molecule has 0 aliphatic heterocycles. The van der Waals surface area contributed by atoms with Gasteiger partial charge in [-0.05, 0) is 31.2 Å². The first kappa shape index (κ1) is 13.6. The van der Waals surface area contributed by atoms with Crippen molar-refractivity contribution in [3.8, 4) is 0 Å². The molecule has 0 aliphatic carbocycles. The third kappa shape index (κ3) is 4.93. The van der Waals surface area contributed by atoms with E-state index in [2.05, 4.69) is 9.72 Å². The Bertz CT molecular complexity index is 343. The second-order valence-electron chi connectivity index (χ2n) is 4.00. The number of pyridine rings is 1. The Labute approximate surface area is 102 Å². The molecule has 1 aromatic rings. The molecule has 94 valence electrons. The highest BCUT2D eigenvalue weighted by molar-refractivity contribution is 5.75. The van der Waals surface area contributed by atoms with Gasteiger partial charge in [-0.25, -0.2) is 0 Å². The SMILES string of the molecule is COC(=O)C(N)CN(C)CCc1ccncc1. The molecule has 2 N–H and O–H groups in total. The number of rotatable bonds is 6. The van der Waals surface area contributed by atoms with Gasteiger partial charge < -0.3 is 15.4 Å². The summed E-state index contributed by atoms with van der Waals surface area (Å²) in [5.74, 6) is -0.374. The van der Waals surface area contributed by atoms with Gasteiger partial charge in [0.25, 0.3) is 0 Å². The zero-order valence-electron chi connectivity index (χ0n) is 10.3. The van der Waals surface area contributed by atoms with Gasteiger partial charge in [0, 0.05) is 25.5 Å². The quantitative estimate of drug-likeness (QED) is 0.708. The highest BCUT2D eigenvalue weighted by Crippen LogP contribution is 1.99. The average Bonchev–Trinajstić information content (AvgIpc) is 2.36. The summed E-state index contributed by atoms with van der Waals surface area (Å²) >= 11 is 0. The van der Waals surface area contributed by atoms with Crippen LogP contribution in [-0.2, 0) is 16.0 Å². The van der Waals surface area contributed by atoms with Gasteiger partial charge in [0.1, 0.15) is 6.04 Å². The van der Waals surface area contributed by atoms with Crippen LogP contribution in [0.1, 0.15) is 5.56 Å². The molecule has 1 atom stereocenters. The van der Waals surface area contributed by atoms with Crippen molar-refractivity contribution in [1.29, 1.82) is 0 Å². The second kappa shape index (κ2) is 6.98. The number of aromatic nitrogens is 1. The van der Waals surface area contributed by atoms with Crippen molar-refractivity contribution in [3.63, 3.8) is 0 Å². The van der Waals surface area contributed by atoms with Crippen molar-refractivity contribution in [2.45, 2.75) is 12.5 Å². The number of carbonyl (C=O) groups is 1. The van der Waals surface area contributed by atoms with Crippen molar-refractivity contribution in [2.75, 3.05) is 27.2 Å². The number of ether oxygens (including phenoxy) is 1. The number of likely N-dealkylation sites (N-methyl/N-ethyl adjacent to an activating group) is 1. The topological polar surface area (TPSA) is 68.5 Å². The van der Waals surface area contributed by atoms with E-state index in [-0.39, 0.29) is 5.97 Å². The lowest BCUT2D eigenvalue weighted by Gasteiger charge is -2.19. The van der Waals surface area contributed by atoms with Crippen molar-refractivity contribution >= 4 is 5.97 Å². The summed E-state index contributed by atoms with van der Waals surface area (Å²) in [7, 11) is 3.28. The van der Waals surface area contributed by atoms with Crippen LogP contribution < -0.4 is 5.73 Å². The number of esters is 1. The van der Waals surface area contributed by atoms with Gasteiger partial charge in [0.05, 0.1) is 7.11 Å². The Balaban J connectivity index is 2.30. The number of nitrogens with zero attached hydrogens (tertiary/aromatic N) is 2. The van der Waals surface area contributed by atoms with E-state index in [9.17, 15) is 4.79 Å². The summed E-state index contributed by atoms with van der Waals surface area (Å²) in [4.78, 5) is 17.1. The average molecular weight is 237 g/mol. The summed E-state index contributed by atoms with van der Waals surface area (Å²) in [6, 6.07) is 3.38. The Kier molecular flexibility index (Phi) is 5.59. The fraction of sp³-hybridized carbons (Fsp3) is 0.500. The molecule has 1 heterocycles. The van der Waals surface area contributed by atoms with Gasteiger partial charge in [-0.15, -0.1) is 0 Å². The van der Waals surface area contributed by atoms with Crippen LogP contribution in [0.2, 0.25) is 0 Å². The number of hydrogen-bond donors (Lipinski definition) is 1. The van der Waals surface area contributed by atoms with E-state index in [1.54, 1.807) is 12.4 Å². The van der Waals surface area contributed by atoms with Crippen molar-refractivity contribution in [1.82, 2.24) is 9.88 Å². The maximum absolute atomic E-state index is 11.1. The molecule has 0 saturated carbocycles. The summed E-state index contributed by atoms with van der Waals surface area (Å²) in [5, 5.41) is 0. The van der Waals surface area contributed by atoms with Gasteiger partial charge >= 0.3 is 5.97 Å². The van der Waals surface area contributed by atoms with Crippen LogP contribution in [0.15, 0.2) is 24.5 Å². The lowest BCUT2D eigenvalue weighted by Crippen LogP contribution is -2.42. The second-order valence-corrected chi connectivity index (χ2v) is 4.00. The van der Waals surface area contributed by atoms with E-state index in [0.29, 0.717) is 6.54 Å². The lowest BCUT2D eigenvalue weighted by molar-refractivity contribution is -0.142. The van der Waals surface area contributed by atoms with Crippen LogP contribution in [-0.4, -0.2) is 49.1 Å². The first-order chi connectivity index (χ1) is 8.13. The smallest absolute Gasteiger partial charge is 0.323 e. The molecule has 0 amide bonds. The Morgan fingerprint density at radius 2 is 2.18 bits per heavy atom. The molecule has 0 fully saturated rings. The number of carbonyl (C=O) groups excluding carboxylic acids is 1. The highest BCUT2D eigenvalue weighted by Gasteiger charge is 2.15. The van der Waals surface area contributed by atoms with E-state index < -0.39 is 6.04 Å². The largest absolute Gasteiger partial charge is 0.468 e. The Morgan fingerprint density at radius 3 is 2.76 bits per heavy atom. The highest BCUT2D eigenvalue weighted by atomic mass is 16.5. The molecule has 0 aliphatic rings. The molecule has 5 heteroatoms. The van der Waals surface area contributed by atoms with Gasteiger partial charge in [0.15, 0.2) is 0 Å². The van der Waals surface area contributed by atoms with Gasteiger partial charge in [0.2, 0.25) is 0 Å². The molecule has 0 spiro atoms. The van der Waals surface area contributed by atoms with E-state index in [0.717, 1.165) is 13.0 Å². The van der Waals surface area contributed by atoms with Crippen LogP contribution in [0, 0.1) is 0 Å². The van der Waals surface area contributed by atoms with Crippen LogP contribution >= 0.6 is 0 Å². The predicted molar refractivity (Wildman–Crippen MR) is 65.4 cm³/mol. The van der Waals surface area contributed by atoms with Crippen LogP contribution in [0.25, 0.3) is 0 Å². The fourth-order valence-electron chi connectivity index (χ4n) is 1.52. The molecular formula is C12H19N3O2. The predicted octanol–water partition coefficient (Wildman–Crippen LogP) is 0.0562. The summed E-state index contributed by atoms with van der Waals surface area (Å²) in [6.07, 6.45) is 4.46. The summed E-state index contributed by atoms with van der Waals surface area (Å²) in [6.45, 7) is 1.34. The molecule has 17 heavy (non-hydrogen) atoms. The van der Waals surface area contributed by atoms with Crippen molar-refractivity contribution in [3.05, 3.63) is 30.1 Å². The molecule has 0 bridgehead atoms. The minimum atomic E-state index is -0.581. The maximum Gasteiger partial charge on any atom is 0.323 e. The van der Waals surface area contributed by atoms with Crippen LogP contribution in [0.4, 0.5) is 0 Å². The van der Waals surface area contributed by atoms with Crippen LogP contribution in [0.5, 0.6) is 0 Å². The first-order valence-electron chi connectivity index (χ1n) is 5.54. The molecule has 0 saturated heterocycles. The molecule has 0 radical (unpaired) electrons. The maximum atomic E-state index is 11.1. The van der Waals surface area contributed by atoms with Crippen LogP contribution in [0.3, 0.4) is 0 Å². The van der Waals surface area contributed by atoms with Crippen molar-refractivity contribution in [2.24, 2.45) is 5.73 Å². The Morgan fingerprint density at radius 1 is 1.53 bits per heavy atom. The standard InChI is InChI=1S/C12H19N3O2/c1-15(9-11(13)12(16)17-2)8-5-10-3-6-14-7-4-10/h3-4,6-7,11H,5,8-9,13H2,1-2H3. The zero-order chi connectivity index (χ0) is 12.7. The van der Waals surface area contributed by atoms with Gasteiger partial charge in [-0.1, -0.05) is 0 Å². The number of methoxy groups -OCH3 is 1. The van der Waals surface area contributed by atoms with E-state index in [1.807, 2.05) is 24.1 Å².